The Hall–Kier alpha value is -2.01. The molecule has 5 heteroatoms. The number of rotatable bonds is 3. The lowest BCUT2D eigenvalue weighted by molar-refractivity contribution is 1.12. The molecule has 0 fully saturated rings. The van der Waals surface area contributed by atoms with Gasteiger partial charge in [0.1, 0.15) is 0 Å². The largest absolute Gasteiger partial charge is 0.397 e. The summed E-state index contributed by atoms with van der Waals surface area (Å²) in [6.45, 7) is 0.714. The molecule has 4 nitrogen and oxygen atoms in total. The number of H-pyrrole nitrogens is 1. The van der Waals surface area contributed by atoms with Crippen LogP contribution in [-0.4, -0.2) is 10.2 Å². The van der Waals surface area contributed by atoms with E-state index < -0.39 is 0 Å². The quantitative estimate of drug-likeness (QED) is 0.648. The second-order valence-electron chi connectivity index (χ2n) is 4.34. The van der Waals surface area contributed by atoms with Crippen molar-refractivity contribution in [2.75, 3.05) is 11.1 Å². The van der Waals surface area contributed by atoms with Gasteiger partial charge in [-0.25, -0.2) is 0 Å². The molecule has 0 amide bonds. The summed E-state index contributed by atoms with van der Waals surface area (Å²) in [5, 5.41) is 11.3. The number of nitrogen functional groups attached to an aromatic ring is 1. The zero-order valence-corrected chi connectivity index (χ0v) is 11.7. The molecule has 0 aliphatic heterocycles. The SMILES string of the molecule is Nc1cc2cn[nH]c2cc1NCc1ccccc1Br. The molecule has 0 unspecified atom stereocenters. The highest BCUT2D eigenvalue weighted by molar-refractivity contribution is 9.10. The van der Waals surface area contributed by atoms with Crippen molar-refractivity contribution in [3.05, 3.63) is 52.6 Å². The van der Waals surface area contributed by atoms with E-state index in [2.05, 4.69) is 37.5 Å². The van der Waals surface area contributed by atoms with Gasteiger partial charge in [-0.1, -0.05) is 34.1 Å². The van der Waals surface area contributed by atoms with Crippen LogP contribution in [0.25, 0.3) is 10.9 Å². The zero-order chi connectivity index (χ0) is 13.2. The van der Waals surface area contributed by atoms with Crippen molar-refractivity contribution in [2.24, 2.45) is 0 Å². The summed E-state index contributed by atoms with van der Waals surface area (Å²) in [5.74, 6) is 0. The highest BCUT2D eigenvalue weighted by Crippen LogP contribution is 2.26. The maximum atomic E-state index is 6.03. The summed E-state index contributed by atoms with van der Waals surface area (Å²) in [4.78, 5) is 0. The Morgan fingerprint density at radius 2 is 2.11 bits per heavy atom. The minimum Gasteiger partial charge on any atom is -0.397 e. The van der Waals surface area contributed by atoms with Crippen LogP contribution in [0.3, 0.4) is 0 Å². The van der Waals surface area contributed by atoms with Gasteiger partial charge in [0.2, 0.25) is 0 Å². The molecule has 0 bridgehead atoms. The first kappa shape index (κ1) is 12.0. The molecule has 1 heterocycles. The van der Waals surface area contributed by atoms with Gasteiger partial charge in [-0.05, 0) is 23.8 Å². The predicted molar refractivity (Wildman–Crippen MR) is 82.0 cm³/mol. The molecule has 3 rings (SSSR count). The Labute approximate surface area is 119 Å². The average molecular weight is 317 g/mol. The second kappa shape index (κ2) is 4.93. The van der Waals surface area contributed by atoms with E-state index in [0.29, 0.717) is 6.54 Å². The normalized spacial score (nSPS) is 10.8. The summed E-state index contributed by atoms with van der Waals surface area (Å²) in [7, 11) is 0. The third-order valence-electron chi connectivity index (χ3n) is 3.04. The van der Waals surface area contributed by atoms with Gasteiger partial charge in [0.25, 0.3) is 0 Å². The topological polar surface area (TPSA) is 66.7 Å². The Balaban J connectivity index is 1.85. The number of nitrogens with two attached hydrogens (primary N) is 1. The minimum absolute atomic E-state index is 0.714. The molecule has 2 aromatic carbocycles. The van der Waals surface area contributed by atoms with Crippen molar-refractivity contribution in [1.29, 1.82) is 0 Å². The smallest absolute Gasteiger partial charge is 0.0672 e. The Kier molecular flexibility index (Phi) is 3.13. The molecule has 19 heavy (non-hydrogen) atoms. The monoisotopic (exact) mass is 316 g/mol. The van der Waals surface area contributed by atoms with Crippen LogP contribution in [0.5, 0.6) is 0 Å². The van der Waals surface area contributed by atoms with Gasteiger partial charge < -0.3 is 11.1 Å². The maximum Gasteiger partial charge on any atom is 0.0672 e. The van der Waals surface area contributed by atoms with E-state index in [0.717, 1.165) is 26.8 Å². The van der Waals surface area contributed by atoms with Crippen LogP contribution in [-0.2, 0) is 6.54 Å². The fourth-order valence-electron chi connectivity index (χ4n) is 1.99. The lowest BCUT2D eigenvalue weighted by atomic mass is 10.2. The first-order valence-corrected chi connectivity index (χ1v) is 6.73. The van der Waals surface area contributed by atoms with Gasteiger partial charge >= 0.3 is 0 Å². The summed E-state index contributed by atoms with van der Waals surface area (Å²) in [6, 6.07) is 12.0. The maximum absolute atomic E-state index is 6.03. The first-order chi connectivity index (χ1) is 9.24. The minimum atomic E-state index is 0.714. The third kappa shape index (κ3) is 2.42. The van der Waals surface area contributed by atoms with Crippen LogP contribution in [0.1, 0.15) is 5.56 Å². The zero-order valence-electron chi connectivity index (χ0n) is 10.2. The fraction of sp³-hybridized carbons (Fsp3) is 0.0714. The van der Waals surface area contributed by atoms with Gasteiger partial charge in [0, 0.05) is 16.4 Å². The third-order valence-corrected chi connectivity index (χ3v) is 3.81. The number of hydrogen-bond donors (Lipinski definition) is 3. The molecule has 0 saturated heterocycles. The average Bonchev–Trinajstić information content (AvgIpc) is 2.84. The van der Waals surface area contributed by atoms with Gasteiger partial charge in [0.05, 0.1) is 23.1 Å². The lowest BCUT2D eigenvalue weighted by Crippen LogP contribution is -2.03. The number of benzene rings is 2. The van der Waals surface area contributed by atoms with Crippen LogP contribution < -0.4 is 11.1 Å². The highest BCUT2D eigenvalue weighted by Gasteiger charge is 2.04. The molecule has 0 aliphatic rings. The number of aromatic nitrogens is 2. The van der Waals surface area contributed by atoms with Crippen LogP contribution >= 0.6 is 15.9 Å². The van der Waals surface area contributed by atoms with E-state index in [9.17, 15) is 0 Å². The number of nitrogens with one attached hydrogen (secondary N) is 2. The van der Waals surface area contributed by atoms with Crippen LogP contribution in [0.15, 0.2) is 47.1 Å². The van der Waals surface area contributed by atoms with Gasteiger partial charge in [-0.3, -0.25) is 5.10 Å². The van der Waals surface area contributed by atoms with Crippen LogP contribution in [0.2, 0.25) is 0 Å². The molecule has 3 aromatic rings. The van der Waals surface area contributed by atoms with Gasteiger partial charge in [-0.15, -0.1) is 0 Å². The number of halogens is 1. The van der Waals surface area contributed by atoms with Gasteiger partial charge in [0.15, 0.2) is 0 Å². The van der Waals surface area contributed by atoms with Crippen molar-refractivity contribution < 1.29 is 0 Å². The Morgan fingerprint density at radius 3 is 2.95 bits per heavy atom. The number of hydrogen-bond acceptors (Lipinski definition) is 3. The summed E-state index contributed by atoms with van der Waals surface area (Å²) in [6.07, 6.45) is 1.77. The van der Waals surface area contributed by atoms with Crippen molar-refractivity contribution in [1.82, 2.24) is 10.2 Å². The summed E-state index contributed by atoms with van der Waals surface area (Å²) < 4.78 is 1.09. The van der Waals surface area contributed by atoms with Crippen molar-refractivity contribution in [2.45, 2.75) is 6.54 Å². The van der Waals surface area contributed by atoms with Crippen molar-refractivity contribution in [3.63, 3.8) is 0 Å². The van der Waals surface area contributed by atoms with E-state index >= 15 is 0 Å². The molecular formula is C14H13BrN4. The Bertz CT molecular complexity index is 720. The summed E-state index contributed by atoms with van der Waals surface area (Å²) >= 11 is 3.53. The molecule has 96 valence electrons. The molecule has 0 saturated carbocycles. The molecule has 0 atom stereocenters. The van der Waals surface area contributed by atoms with Gasteiger partial charge in [-0.2, -0.15) is 5.10 Å². The lowest BCUT2D eigenvalue weighted by Gasteiger charge is -2.10. The first-order valence-electron chi connectivity index (χ1n) is 5.94. The second-order valence-corrected chi connectivity index (χ2v) is 5.20. The van der Waals surface area contributed by atoms with E-state index in [1.165, 1.54) is 5.56 Å². The standard InChI is InChI=1S/C14H13BrN4/c15-11-4-2-1-3-9(11)7-17-14-6-13-10(5-12(14)16)8-18-19-13/h1-6,8,17H,7,16H2,(H,18,19). The van der Waals surface area contributed by atoms with E-state index in [1.807, 2.05) is 30.3 Å². The number of aromatic amines is 1. The van der Waals surface area contributed by atoms with E-state index in [-0.39, 0.29) is 0 Å². The highest BCUT2D eigenvalue weighted by atomic mass is 79.9. The number of nitrogens with zero attached hydrogens (tertiary/aromatic N) is 1. The fourth-order valence-corrected chi connectivity index (χ4v) is 2.42. The molecule has 0 radical (unpaired) electrons. The van der Waals surface area contributed by atoms with Crippen molar-refractivity contribution >= 4 is 38.2 Å². The molecule has 0 spiro atoms. The van der Waals surface area contributed by atoms with Crippen LogP contribution in [0, 0.1) is 0 Å². The summed E-state index contributed by atoms with van der Waals surface area (Å²) in [5.41, 5.74) is 9.83. The number of anilines is 2. The van der Waals surface area contributed by atoms with E-state index in [1.54, 1.807) is 6.20 Å². The number of fused-ring (bicyclic) bond motifs is 1. The Morgan fingerprint density at radius 1 is 1.26 bits per heavy atom. The molecule has 0 aliphatic carbocycles. The molecule has 4 N–H and O–H groups in total. The molecular weight excluding hydrogens is 304 g/mol. The van der Waals surface area contributed by atoms with E-state index in [4.69, 9.17) is 5.73 Å². The molecule has 1 aromatic heterocycles. The van der Waals surface area contributed by atoms with Crippen LogP contribution in [0.4, 0.5) is 11.4 Å². The van der Waals surface area contributed by atoms with Crippen molar-refractivity contribution in [3.8, 4) is 0 Å². The predicted octanol–water partition coefficient (Wildman–Crippen LogP) is 3.52.